The van der Waals surface area contributed by atoms with Crippen LogP contribution in [-0.2, 0) is 18.7 Å². The maximum atomic E-state index is 11.2. The van der Waals surface area contributed by atoms with Gasteiger partial charge in [-0.05, 0) is 76.1 Å². The van der Waals surface area contributed by atoms with Crippen LogP contribution in [0.3, 0.4) is 0 Å². The molecule has 0 radical (unpaired) electrons. The number of fused-ring (bicyclic) bond motifs is 1. The minimum absolute atomic E-state index is 0.231. The van der Waals surface area contributed by atoms with Crippen molar-refractivity contribution < 1.29 is 18.7 Å². The second-order valence-corrected chi connectivity index (χ2v) is 14.9. The average Bonchev–Trinajstić information content (AvgIpc) is 2.95. The molecular weight excluding hydrogens is 500 g/mol. The van der Waals surface area contributed by atoms with Crippen LogP contribution >= 0.6 is 0 Å². The summed E-state index contributed by atoms with van der Waals surface area (Å²) in [6.07, 6.45) is 9.76. The number of hydrogen-bond acceptors (Lipinski definition) is 4. The normalized spacial score (nSPS) is 20.1. The predicted molar refractivity (Wildman–Crippen MR) is 162 cm³/mol. The van der Waals surface area contributed by atoms with E-state index in [1.165, 1.54) is 29.3 Å². The van der Waals surface area contributed by atoms with Gasteiger partial charge in [-0.3, -0.25) is 4.79 Å². The molecule has 0 saturated heterocycles. The zero-order valence-electron chi connectivity index (χ0n) is 24.1. The van der Waals surface area contributed by atoms with Gasteiger partial charge in [-0.15, -0.1) is 0 Å². The van der Waals surface area contributed by atoms with E-state index in [1.54, 1.807) is 7.11 Å². The summed E-state index contributed by atoms with van der Waals surface area (Å²) in [6.45, 7) is 12.3. The van der Waals surface area contributed by atoms with E-state index in [2.05, 4.69) is 93.2 Å². The molecule has 0 aromatic heterocycles. The van der Waals surface area contributed by atoms with Crippen molar-refractivity contribution in [3.05, 3.63) is 95.7 Å². The molecule has 2 bridgehead atoms. The first-order chi connectivity index (χ1) is 18.8. The number of allylic oxidation sites excluding steroid dienone is 2. The van der Waals surface area contributed by atoms with E-state index >= 15 is 0 Å². The number of esters is 1. The van der Waals surface area contributed by atoms with Gasteiger partial charge in [0.25, 0.3) is 8.32 Å². The molecule has 5 heteroatoms. The lowest BCUT2D eigenvalue weighted by molar-refractivity contribution is -0.141. The van der Waals surface area contributed by atoms with Crippen molar-refractivity contribution in [2.75, 3.05) is 26.9 Å². The van der Waals surface area contributed by atoms with Crippen LogP contribution in [-0.4, -0.2) is 41.2 Å². The summed E-state index contributed by atoms with van der Waals surface area (Å²) in [7, 11) is -1.23. The summed E-state index contributed by atoms with van der Waals surface area (Å²) < 4.78 is 18.2. The van der Waals surface area contributed by atoms with Gasteiger partial charge in [-0.1, -0.05) is 93.2 Å². The first-order valence-corrected chi connectivity index (χ1v) is 16.2. The molecule has 0 spiro atoms. The molecule has 3 aliphatic rings. The third-order valence-electron chi connectivity index (χ3n) is 8.73. The van der Waals surface area contributed by atoms with Gasteiger partial charge >= 0.3 is 5.97 Å². The van der Waals surface area contributed by atoms with Crippen LogP contribution in [0.25, 0.3) is 0 Å². The molecule has 5 rings (SSSR count). The highest BCUT2D eigenvalue weighted by molar-refractivity contribution is 7.03. The quantitative estimate of drug-likeness (QED) is 0.0940. The molecule has 0 aliphatic heterocycles. The molecule has 2 atom stereocenters. The third kappa shape index (κ3) is 6.37. The minimum Gasteiger partial charge on any atom is -0.466 e. The largest absolute Gasteiger partial charge is 0.466 e. The van der Waals surface area contributed by atoms with Gasteiger partial charge in [-0.2, -0.15) is 0 Å². The molecular formula is C34H44O4Si. The smallest absolute Gasteiger partial charge is 0.302 e. The summed E-state index contributed by atoms with van der Waals surface area (Å²) in [5.41, 5.74) is 2.75. The minimum atomic E-state index is -2.95. The van der Waals surface area contributed by atoms with Crippen molar-refractivity contribution >= 4 is 24.7 Å². The molecule has 39 heavy (non-hydrogen) atoms. The topological polar surface area (TPSA) is 44.8 Å². The zero-order chi connectivity index (χ0) is 27.9. The number of carbonyl (C=O) groups is 1. The monoisotopic (exact) mass is 544 g/mol. The molecule has 4 nitrogen and oxygen atoms in total. The highest BCUT2D eigenvalue weighted by Gasteiger charge is 2.52. The first-order valence-electron chi connectivity index (χ1n) is 14.3. The maximum Gasteiger partial charge on any atom is 0.302 e. The van der Waals surface area contributed by atoms with Gasteiger partial charge in [-0.25, -0.2) is 0 Å². The molecule has 0 N–H and O–H groups in total. The van der Waals surface area contributed by atoms with Gasteiger partial charge in [0, 0.05) is 14.0 Å². The lowest BCUT2D eigenvalue weighted by Crippen LogP contribution is -2.63. The number of hydrogen-bond donors (Lipinski definition) is 0. The van der Waals surface area contributed by atoms with Gasteiger partial charge in [0.2, 0.25) is 0 Å². The Morgan fingerprint density at radius 1 is 1.05 bits per heavy atom. The van der Waals surface area contributed by atoms with Crippen molar-refractivity contribution in [3.8, 4) is 0 Å². The molecule has 208 valence electrons. The number of ether oxygens (including phenoxy) is 2. The first kappa shape index (κ1) is 29.3. The van der Waals surface area contributed by atoms with Crippen molar-refractivity contribution in [3.63, 3.8) is 0 Å². The van der Waals surface area contributed by atoms with E-state index in [0.29, 0.717) is 31.2 Å². The Hall–Kier alpha value is -2.73. The number of methoxy groups -OCH3 is 1. The van der Waals surface area contributed by atoms with Gasteiger partial charge in [0.1, 0.15) is 0 Å². The Morgan fingerprint density at radius 2 is 1.69 bits per heavy atom. The Morgan fingerprint density at radius 3 is 2.23 bits per heavy atom. The summed E-state index contributed by atoms with van der Waals surface area (Å²) in [5.74, 6) is 1.15. The van der Waals surface area contributed by atoms with Crippen molar-refractivity contribution in [2.24, 2.45) is 17.3 Å². The van der Waals surface area contributed by atoms with Crippen LogP contribution in [0.15, 0.2) is 95.7 Å². The molecule has 0 heterocycles. The lowest BCUT2D eigenvalue weighted by atomic mass is 9.49. The average molecular weight is 545 g/mol. The molecule has 2 aromatic rings. The SMILES string of the molecule is C=C(COC)/C(=C/CCCCOC(C)=O)[Si](OCC1=CC[C@H]2C[C@@H]1C2(C)C)(c1ccccc1)c1ccccc1. The Balaban J connectivity index is 1.75. The van der Waals surface area contributed by atoms with E-state index in [9.17, 15) is 4.79 Å². The number of unbranched alkanes of at least 4 members (excludes halogenated alkanes) is 2. The second-order valence-electron chi connectivity index (χ2n) is 11.5. The number of benzene rings is 2. The number of rotatable bonds is 14. The van der Waals surface area contributed by atoms with E-state index < -0.39 is 8.32 Å². The maximum absolute atomic E-state index is 11.2. The fraction of sp³-hybridized carbons (Fsp3) is 0.441. The summed E-state index contributed by atoms with van der Waals surface area (Å²) >= 11 is 0. The van der Waals surface area contributed by atoms with E-state index in [0.717, 1.165) is 42.4 Å². The molecule has 3 aliphatic carbocycles. The lowest BCUT2D eigenvalue weighted by Gasteiger charge is -2.56. The molecule has 0 amide bonds. The molecule has 2 aromatic carbocycles. The van der Waals surface area contributed by atoms with Crippen molar-refractivity contribution in [1.29, 1.82) is 0 Å². The molecule has 0 unspecified atom stereocenters. The van der Waals surface area contributed by atoms with Crippen LogP contribution in [0.4, 0.5) is 0 Å². The zero-order valence-corrected chi connectivity index (χ0v) is 25.1. The standard InChI is InChI=1S/C34H44O4Si/c1-26(24-36-5)33(19-13-8-14-22-37-27(2)35)39(30-15-9-6-10-16-30,31-17-11-7-12-18-31)38-25-28-20-21-29-23-32(28)34(29,3)4/h6-7,9-12,15-20,29,32H,1,8,13-14,21-25H2,2-5H3/b33-19-/t29-,32-/m0/s1. The highest BCUT2D eigenvalue weighted by Crippen LogP contribution is 2.59. The van der Waals surface area contributed by atoms with Crippen LogP contribution in [0.5, 0.6) is 0 Å². The third-order valence-corrected chi connectivity index (χ3v) is 12.9. The summed E-state index contributed by atoms with van der Waals surface area (Å²) in [4.78, 5) is 11.2. The molecule has 1 fully saturated rings. The Labute approximate surface area is 235 Å². The Kier molecular flexibility index (Phi) is 9.81. The molecule has 1 saturated carbocycles. The fourth-order valence-electron chi connectivity index (χ4n) is 6.40. The summed E-state index contributed by atoms with van der Waals surface area (Å²) in [6, 6.07) is 21.4. The van der Waals surface area contributed by atoms with Crippen molar-refractivity contribution in [1.82, 2.24) is 0 Å². The van der Waals surface area contributed by atoms with Crippen LogP contribution in [0.1, 0.15) is 52.9 Å². The number of carbonyl (C=O) groups excluding carboxylic acids is 1. The van der Waals surface area contributed by atoms with Crippen LogP contribution in [0, 0.1) is 17.3 Å². The Bertz CT molecular complexity index is 1140. The van der Waals surface area contributed by atoms with Gasteiger partial charge < -0.3 is 13.9 Å². The highest BCUT2D eigenvalue weighted by atomic mass is 28.4. The predicted octanol–water partition coefficient (Wildman–Crippen LogP) is 6.16. The van der Waals surface area contributed by atoms with Gasteiger partial charge in [0.15, 0.2) is 0 Å². The van der Waals surface area contributed by atoms with Crippen LogP contribution in [0.2, 0.25) is 0 Å². The van der Waals surface area contributed by atoms with E-state index in [-0.39, 0.29) is 5.97 Å². The fourth-order valence-corrected chi connectivity index (χ4v) is 10.6. The van der Waals surface area contributed by atoms with E-state index in [1.807, 2.05) is 0 Å². The second kappa shape index (κ2) is 13.1. The van der Waals surface area contributed by atoms with E-state index in [4.69, 9.17) is 13.9 Å². The van der Waals surface area contributed by atoms with Gasteiger partial charge in [0.05, 0.1) is 19.8 Å². The summed E-state index contributed by atoms with van der Waals surface area (Å²) in [5, 5.41) is 3.58. The van der Waals surface area contributed by atoms with Crippen molar-refractivity contribution in [2.45, 2.75) is 52.9 Å². The van der Waals surface area contributed by atoms with Crippen LogP contribution < -0.4 is 10.4 Å².